The number of carbonyl (C=O) groups excluding carboxylic acids is 1. The SMILES string of the molecule is O=C(O)C1CC=CCC1C(=O)Nc1ccccc1I. The Morgan fingerprint density at radius 2 is 1.79 bits per heavy atom. The summed E-state index contributed by atoms with van der Waals surface area (Å²) in [5.74, 6) is -2.27. The van der Waals surface area contributed by atoms with E-state index in [4.69, 9.17) is 5.11 Å². The van der Waals surface area contributed by atoms with Gasteiger partial charge in [0.15, 0.2) is 0 Å². The van der Waals surface area contributed by atoms with Crippen molar-refractivity contribution in [3.8, 4) is 0 Å². The maximum absolute atomic E-state index is 12.2. The van der Waals surface area contributed by atoms with Crippen molar-refractivity contribution < 1.29 is 14.7 Å². The van der Waals surface area contributed by atoms with Crippen molar-refractivity contribution in [1.82, 2.24) is 0 Å². The van der Waals surface area contributed by atoms with E-state index in [1.807, 2.05) is 36.4 Å². The molecule has 0 spiro atoms. The topological polar surface area (TPSA) is 66.4 Å². The fraction of sp³-hybridized carbons (Fsp3) is 0.286. The quantitative estimate of drug-likeness (QED) is 0.634. The number of carbonyl (C=O) groups is 2. The number of carboxylic acids is 1. The van der Waals surface area contributed by atoms with Crippen LogP contribution in [0.3, 0.4) is 0 Å². The van der Waals surface area contributed by atoms with Crippen molar-refractivity contribution in [2.24, 2.45) is 11.8 Å². The largest absolute Gasteiger partial charge is 0.481 e. The number of halogens is 1. The molecule has 2 atom stereocenters. The molecule has 1 aromatic rings. The van der Waals surface area contributed by atoms with E-state index in [1.54, 1.807) is 0 Å². The van der Waals surface area contributed by atoms with Crippen LogP contribution in [0.5, 0.6) is 0 Å². The van der Waals surface area contributed by atoms with Gasteiger partial charge in [-0.2, -0.15) is 0 Å². The summed E-state index contributed by atoms with van der Waals surface area (Å²) in [6, 6.07) is 7.44. The van der Waals surface area contributed by atoms with E-state index in [-0.39, 0.29) is 5.91 Å². The molecule has 5 heteroatoms. The molecular weight excluding hydrogens is 357 g/mol. The van der Waals surface area contributed by atoms with E-state index in [2.05, 4.69) is 27.9 Å². The number of anilines is 1. The second kappa shape index (κ2) is 6.18. The van der Waals surface area contributed by atoms with Gasteiger partial charge in [0, 0.05) is 3.57 Å². The molecule has 2 unspecified atom stereocenters. The Bertz CT molecular complexity index is 527. The third kappa shape index (κ3) is 3.34. The van der Waals surface area contributed by atoms with Crippen molar-refractivity contribution in [3.05, 3.63) is 40.0 Å². The lowest BCUT2D eigenvalue weighted by Gasteiger charge is -2.24. The molecule has 1 amide bonds. The lowest BCUT2D eigenvalue weighted by molar-refractivity contribution is -0.146. The first-order chi connectivity index (χ1) is 9.09. The molecule has 0 saturated heterocycles. The van der Waals surface area contributed by atoms with Gasteiger partial charge in [-0.1, -0.05) is 24.3 Å². The number of allylic oxidation sites excluding steroid dienone is 2. The van der Waals surface area contributed by atoms with Crippen molar-refractivity contribution in [1.29, 1.82) is 0 Å². The molecule has 1 aliphatic carbocycles. The summed E-state index contributed by atoms with van der Waals surface area (Å²) in [5.41, 5.74) is 0.729. The number of hydrogen-bond acceptors (Lipinski definition) is 2. The third-order valence-electron chi connectivity index (χ3n) is 3.22. The molecule has 100 valence electrons. The normalized spacial score (nSPS) is 21.9. The van der Waals surface area contributed by atoms with E-state index in [9.17, 15) is 9.59 Å². The predicted molar refractivity (Wildman–Crippen MR) is 80.8 cm³/mol. The van der Waals surface area contributed by atoms with Gasteiger partial charge in [-0.05, 0) is 47.6 Å². The highest BCUT2D eigenvalue weighted by molar-refractivity contribution is 14.1. The average Bonchev–Trinajstić information content (AvgIpc) is 2.41. The van der Waals surface area contributed by atoms with Crippen LogP contribution < -0.4 is 5.32 Å². The monoisotopic (exact) mass is 371 g/mol. The fourth-order valence-electron chi connectivity index (χ4n) is 2.16. The first-order valence-corrected chi connectivity index (χ1v) is 7.10. The van der Waals surface area contributed by atoms with Gasteiger partial charge in [0.2, 0.25) is 5.91 Å². The molecule has 0 heterocycles. The minimum absolute atomic E-state index is 0.221. The zero-order valence-corrected chi connectivity index (χ0v) is 12.3. The summed E-state index contributed by atoms with van der Waals surface area (Å²) >= 11 is 2.14. The minimum Gasteiger partial charge on any atom is -0.481 e. The Hall–Kier alpha value is -1.37. The lowest BCUT2D eigenvalue weighted by Crippen LogP contribution is -2.34. The third-order valence-corrected chi connectivity index (χ3v) is 4.16. The van der Waals surface area contributed by atoms with Gasteiger partial charge in [0.05, 0.1) is 17.5 Å². The number of hydrogen-bond donors (Lipinski definition) is 2. The van der Waals surface area contributed by atoms with Crippen LogP contribution in [0.15, 0.2) is 36.4 Å². The number of benzene rings is 1. The maximum atomic E-state index is 12.2. The highest BCUT2D eigenvalue weighted by Crippen LogP contribution is 2.28. The molecular formula is C14H14INO3. The van der Waals surface area contributed by atoms with E-state index >= 15 is 0 Å². The van der Waals surface area contributed by atoms with Crippen molar-refractivity contribution in [2.45, 2.75) is 12.8 Å². The number of rotatable bonds is 3. The molecule has 0 radical (unpaired) electrons. The summed E-state index contributed by atoms with van der Waals surface area (Å²) in [6.45, 7) is 0. The molecule has 2 N–H and O–H groups in total. The van der Waals surface area contributed by atoms with Gasteiger partial charge < -0.3 is 10.4 Å². The van der Waals surface area contributed by atoms with Crippen LogP contribution in [-0.4, -0.2) is 17.0 Å². The van der Waals surface area contributed by atoms with Crippen LogP contribution in [0.4, 0.5) is 5.69 Å². The second-order valence-electron chi connectivity index (χ2n) is 4.46. The highest BCUT2D eigenvalue weighted by atomic mass is 127. The van der Waals surface area contributed by atoms with E-state index < -0.39 is 17.8 Å². The molecule has 1 aromatic carbocycles. The lowest BCUT2D eigenvalue weighted by atomic mass is 9.82. The van der Waals surface area contributed by atoms with Crippen molar-refractivity contribution >= 4 is 40.2 Å². The summed E-state index contributed by atoms with van der Waals surface area (Å²) in [5, 5.41) is 12.0. The molecule has 0 saturated carbocycles. The molecule has 1 aliphatic rings. The van der Waals surface area contributed by atoms with Gasteiger partial charge >= 0.3 is 5.97 Å². The fourth-order valence-corrected chi connectivity index (χ4v) is 2.69. The Balaban J connectivity index is 2.13. The van der Waals surface area contributed by atoms with Gasteiger partial charge in [-0.25, -0.2) is 0 Å². The minimum atomic E-state index is -0.910. The Morgan fingerprint density at radius 1 is 1.16 bits per heavy atom. The zero-order valence-electron chi connectivity index (χ0n) is 10.2. The van der Waals surface area contributed by atoms with Crippen molar-refractivity contribution in [3.63, 3.8) is 0 Å². The van der Waals surface area contributed by atoms with Gasteiger partial charge in [-0.15, -0.1) is 0 Å². The van der Waals surface area contributed by atoms with Crippen LogP contribution in [0, 0.1) is 15.4 Å². The van der Waals surface area contributed by atoms with Crippen LogP contribution in [0.2, 0.25) is 0 Å². The van der Waals surface area contributed by atoms with Gasteiger partial charge in [0.25, 0.3) is 0 Å². The zero-order chi connectivity index (χ0) is 13.8. The van der Waals surface area contributed by atoms with Gasteiger partial charge in [-0.3, -0.25) is 9.59 Å². The molecule has 0 bridgehead atoms. The molecule has 19 heavy (non-hydrogen) atoms. The Morgan fingerprint density at radius 3 is 2.42 bits per heavy atom. The number of carboxylic acid groups (broad SMARTS) is 1. The van der Waals surface area contributed by atoms with Crippen LogP contribution >= 0.6 is 22.6 Å². The maximum Gasteiger partial charge on any atom is 0.307 e. The van der Waals surface area contributed by atoms with E-state index in [1.165, 1.54) is 0 Å². The standard InChI is InChI=1S/C14H14INO3/c15-11-7-3-4-8-12(11)16-13(17)9-5-1-2-6-10(9)14(18)19/h1-4,7-10H,5-6H2,(H,16,17)(H,18,19). The summed E-state index contributed by atoms with van der Waals surface area (Å²) in [7, 11) is 0. The summed E-state index contributed by atoms with van der Waals surface area (Å²) in [6.07, 6.45) is 4.60. The van der Waals surface area contributed by atoms with Crippen LogP contribution in [0.1, 0.15) is 12.8 Å². The van der Waals surface area contributed by atoms with Gasteiger partial charge in [0.1, 0.15) is 0 Å². The molecule has 0 aromatic heterocycles. The van der Waals surface area contributed by atoms with E-state index in [0.717, 1.165) is 9.26 Å². The summed E-state index contributed by atoms with van der Waals surface area (Å²) < 4.78 is 0.937. The number of amides is 1. The predicted octanol–water partition coefficient (Wildman–Crippen LogP) is 2.90. The molecule has 4 nitrogen and oxygen atoms in total. The first-order valence-electron chi connectivity index (χ1n) is 6.03. The second-order valence-corrected chi connectivity index (χ2v) is 5.63. The number of nitrogens with one attached hydrogen (secondary N) is 1. The highest BCUT2D eigenvalue weighted by Gasteiger charge is 2.34. The van der Waals surface area contributed by atoms with E-state index in [0.29, 0.717) is 12.8 Å². The Labute approximate surface area is 125 Å². The molecule has 0 fully saturated rings. The number of para-hydroxylation sites is 1. The molecule has 0 aliphatic heterocycles. The first kappa shape index (κ1) is 14.0. The average molecular weight is 371 g/mol. The summed E-state index contributed by atoms with van der Waals surface area (Å²) in [4.78, 5) is 23.4. The van der Waals surface area contributed by atoms with Crippen LogP contribution in [0.25, 0.3) is 0 Å². The number of aliphatic carboxylic acids is 1. The van der Waals surface area contributed by atoms with Crippen LogP contribution in [-0.2, 0) is 9.59 Å². The smallest absolute Gasteiger partial charge is 0.307 e. The van der Waals surface area contributed by atoms with Crippen molar-refractivity contribution in [2.75, 3.05) is 5.32 Å². The molecule has 2 rings (SSSR count). The Kier molecular flexibility index (Phi) is 4.57.